The van der Waals surface area contributed by atoms with Gasteiger partial charge in [-0.05, 0) is 25.5 Å². The van der Waals surface area contributed by atoms with Gasteiger partial charge in [0.15, 0.2) is 5.72 Å². The van der Waals surface area contributed by atoms with Gasteiger partial charge in [-0.3, -0.25) is 4.89 Å². The van der Waals surface area contributed by atoms with E-state index in [9.17, 15) is 4.79 Å². The second-order valence-corrected chi connectivity index (χ2v) is 3.77. The van der Waals surface area contributed by atoms with Gasteiger partial charge in [-0.2, -0.15) is 4.89 Å². The van der Waals surface area contributed by atoms with Gasteiger partial charge in [-0.15, -0.1) is 0 Å². The summed E-state index contributed by atoms with van der Waals surface area (Å²) < 4.78 is 0. The van der Waals surface area contributed by atoms with Gasteiger partial charge >= 0.3 is 5.97 Å². The predicted molar refractivity (Wildman–Crippen MR) is 66.1 cm³/mol. The van der Waals surface area contributed by atoms with Crippen LogP contribution in [0.25, 0.3) is 0 Å². The van der Waals surface area contributed by atoms with E-state index in [2.05, 4.69) is 16.8 Å². The first-order chi connectivity index (χ1) is 8.09. The lowest BCUT2D eigenvalue weighted by molar-refractivity contribution is -0.318. The maximum absolute atomic E-state index is 10.9. The topological polar surface area (TPSA) is 47.6 Å². The van der Waals surface area contributed by atoms with Gasteiger partial charge in [0.25, 0.3) is 0 Å². The second kappa shape index (κ2) is 6.06. The SMILES string of the molecule is C=CC(=O)OOC(C)(CC)Nc1ccccc1. The van der Waals surface area contributed by atoms with E-state index in [0.29, 0.717) is 6.42 Å². The summed E-state index contributed by atoms with van der Waals surface area (Å²) in [4.78, 5) is 20.6. The Labute approximate surface area is 101 Å². The largest absolute Gasteiger partial charge is 0.365 e. The fourth-order valence-electron chi connectivity index (χ4n) is 1.16. The lowest BCUT2D eigenvalue weighted by atomic mass is 10.2. The minimum Gasteiger partial charge on any atom is -0.355 e. The van der Waals surface area contributed by atoms with E-state index < -0.39 is 11.7 Å². The van der Waals surface area contributed by atoms with Crippen molar-refractivity contribution in [2.45, 2.75) is 26.0 Å². The molecule has 0 bridgehead atoms. The van der Waals surface area contributed by atoms with Crippen molar-refractivity contribution in [2.75, 3.05) is 5.32 Å². The van der Waals surface area contributed by atoms with Crippen molar-refractivity contribution in [3.8, 4) is 0 Å². The molecule has 1 rings (SSSR count). The molecule has 0 saturated heterocycles. The van der Waals surface area contributed by atoms with Crippen LogP contribution in [0, 0.1) is 0 Å². The molecule has 1 unspecified atom stereocenters. The molecule has 0 heterocycles. The fraction of sp³-hybridized carbons (Fsp3) is 0.308. The molecule has 1 aromatic carbocycles. The van der Waals surface area contributed by atoms with Crippen LogP contribution in [0.3, 0.4) is 0 Å². The Kier molecular flexibility index (Phi) is 4.72. The minimum atomic E-state index is -0.764. The van der Waals surface area contributed by atoms with Gasteiger partial charge in [0.2, 0.25) is 0 Å². The minimum absolute atomic E-state index is 0.612. The van der Waals surface area contributed by atoms with Gasteiger partial charge in [-0.1, -0.05) is 31.7 Å². The van der Waals surface area contributed by atoms with E-state index in [4.69, 9.17) is 4.89 Å². The van der Waals surface area contributed by atoms with E-state index in [0.717, 1.165) is 11.8 Å². The Morgan fingerprint density at radius 1 is 1.47 bits per heavy atom. The van der Waals surface area contributed by atoms with Crippen molar-refractivity contribution in [1.29, 1.82) is 0 Å². The molecular formula is C13H17NO3. The summed E-state index contributed by atoms with van der Waals surface area (Å²) in [7, 11) is 0. The molecule has 0 saturated carbocycles. The number of nitrogens with one attached hydrogen (secondary N) is 1. The highest BCUT2D eigenvalue weighted by atomic mass is 17.2. The molecule has 92 valence electrons. The van der Waals surface area contributed by atoms with Crippen LogP contribution in [0.15, 0.2) is 43.0 Å². The third kappa shape index (κ3) is 4.28. The van der Waals surface area contributed by atoms with Crippen molar-refractivity contribution in [1.82, 2.24) is 0 Å². The Bertz CT molecular complexity index is 378. The predicted octanol–water partition coefficient (Wildman–Crippen LogP) is 2.89. The number of hydrogen-bond acceptors (Lipinski definition) is 4. The van der Waals surface area contributed by atoms with Crippen LogP contribution < -0.4 is 5.32 Å². The molecule has 17 heavy (non-hydrogen) atoms. The normalized spacial score (nSPS) is 13.5. The molecule has 4 heteroatoms. The summed E-state index contributed by atoms with van der Waals surface area (Å²) in [6.07, 6.45) is 1.69. The Morgan fingerprint density at radius 3 is 2.65 bits per heavy atom. The highest BCUT2D eigenvalue weighted by Crippen LogP contribution is 2.19. The summed E-state index contributed by atoms with van der Waals surface area (Å²) in [6, 6.07) is 9.56. The third-order valence-electron chi connectivity index (χ3n) is 2.33. The van der Waals surface area contributed by atoms with Gasteiger partial charge in [0.1, 0.15) is 0 Å². The van der Waals surface area contributed by atoms with Crippen molar-refractivity contribution in [3.05, 3.63) is 43.0 Å². The zero-order chi connectivity index (χ0) is 12.7. The number of rotatable bonds is 6. The summed E-state index contributed by atoms with van der Waals surface area (Å²) >= 11 is 0. The van der Waals surface area contributed by atoms with Gasteiger partial charge in [-0.25, -0.2) is 4.79 Å². The Balaban J connectivity index is 2.62. The number of para-hydroxylation sites is 1. The monoisotopic (exact) mass is 235 g/mol. The van der Waals surface area contributed by atoms with E-state index >= 15 is 0 Å². The van der Waals surface area contributed by atoms with Crippen molar-refractivity contribution < 1.29 is 14.6 Å². The maximum Gasteiger partial charge on any atom is 0.365 e. The summed E-state index contributed by atoms with van der Waals surface area (Å²) in [6.45, 7) is 7.03. The van der Waals surface area contributed by atoms with Gasteiger partial charge < -0.3 is 5.32 Å². The zero-order valence-corrected chi connectivity index (χ0v) is 10.1. The van der Waals surface area contributed by atoms with Crippen LogP contribution in [-0.2, 0) is 14.6 Å². The molecule has 0 aliphatic heterocycles. The number of hydrogen-bond donors (Lipinski definition) is 1. The molecule has 0 aliphatic rings. The first-order valence-electron chi connectivity index (χ1n) is 5.45. The molecule has 1 aromatic rings. The van der Waals surface area contributed by atoms with Crippen LogP contribution in [-0.4, -0.2) is 11.7 Å². The van der Waals surface area contributed by atoms with Crippen molar-refractivity contribution >= 4 is 11.7 Å². The molecule has 1 atom stereocenters. The van der Waals surface area contributed by atoms with Crippen LogP contribution in [0.5, 0.6) is 0 Å². The molecule has 0 aliphatic carbocycles. The smallest absolute Gasteiger partial charge is 0.355 e. The molecule has 4 nitrogen and oxygen atoms in total. The van der Waals surface area contributed by atoms with Crippen molar-refractivity contribution in [2.24, 2.45) is 0 Å². The van der Waals surface area contributed by atoms with Crippen molar-refractivity contribution in [3.63, 3.8) is 0 Å². The number of carbonyl (C=O) groups is 1. The molecule has 0 fully saturated rings. The summed E-state index contributed by atoms with van der Waals surface area (Å²) in [5.74, 6) is -0.612. The average molecular weight is 235 g/mol. The average Bonchev–Trinajstić information content (AvgIpc) is 2.37. The molecule has 0 amide bonds. The molecule has 0 aromatic heterocycles. The van der Waals surface area contributed by atoms with Crippen LogP contribution >= 0.6 is 0 Å². The fourth-order valence-corrected chi connectivity index (χ4v) is 1.16. The molecular weight excluding hydrogens is 218 g/mol. The lowest BCUT2D eigenvalue weighted by Gasteiger charge is -2.28. The Morgan fingerprint density at radius 2 is 2.12 bits per heavy atom. The van der Waals surface area contributed by atoms with E-state index in [1.165, 1.54) is 0 Å². The highest BCUT2D eigenvalue weighted by molar-refractivity contribution is 5.80. The summed E-state index contributed by atoms with van der Waals surface area (Å²) in [5, 5.41) is 3.15. The number of benzene rings is 1. The quantitative estimate of drug-likeness (QED) is 0.356. The van der Waals surface area contributed by atoms with E-state index in [1.54, 1.807) is 6.92 Å². The van der Waals surface area contributed by atoms with Crippen LogP contribution in [0.2, 0.25) is 0 Å². The maximum atomic E-state index is 10.9. The molecule has 0 spiro atoms. The standard InChI is InChI=1S/C13H17NO3/c1-4-12(15)16-17-13(3,5-2)14-11-9-7-6-8-10-11/h4,6-10,14H,1,5H2,2-3H3. The first-order valence-corrected chi connectivity index (χ1v) is 5.45. The Hall–Kier alpha value is -1.81. The second-order valence-electron chi connectivity index (χ2n) is 3.77. The number of anilines is 1. The van der Waals surface area contributed by atoms with E-state index in [-0.39, 0.29) is 0 Å². The first kappa shape index (κ1) is 13.3. The van der Waals surface area contributed by atoms with Gasteiger partial charge in [0.05, 0.1) is 0 Å². The van der Waals surface area contributed by atoms with Crippen LogP contribution in [0.4, 0.5) is 5.69 Å². The lowest BCUT2D eigenvalue weighted by Crippen LogP contribution is -2.37. The molecule has 0 radical (unpaired) electrons. The molecule has 1 N–H and O–H groups in total. The highest BCUT2D eigenvalue weighted by Gasteiger charge is 2.25. The van der Waals surface area contributed by atoms with E-state index in [1.807, 2.05) is 37.3 Å². The summed E-state index contributed by atoms with van der Waals surface area (Å²) in [5.41, 5.74) is 0.131. The van der Waals surface area contributed by atoms with Crippen LogP contribution in [0.1, 0.15) is 20.3 Å². The number of carbonyl (C=O) groups excluding carboxylic acids is 1. The third-order valence-corrected chi connectivity index (χ3v) is 2.33. The van der Waals surface area contributed by atoms with Gasteiger partial charge in [0, 0.05) is 11.8 Å². The zero-order valence-electron chi connectivity index (χ0n) is 10.1.